The van der Waals surface area contributed by atoms with Crippen molar-refractivity contribution in [2.45, 2.75) is 18.4 Å². The summed E-state index contributed by atoms with van der Waals surface area (Å²) in [7, 11) is -2.59. The Morgan fingerprint density at radius 1 is 1.03 bits per heavy atom. The number of methoxy groups -OCH3 is 1. The van der Waals surface area contributed by atoms with E-state index in [1.165, 1.54) is 4.90 Å². The van der Waals surface area contributed by atoms with E-state index < -0.39 is 15.8 Å². The monoisotopic (exact) mass is 526 g/mol. The first-order valence-electron chi connectivity index (χ1n) is 11.0. The van der Waals surface area contributed by atoms with E-state index >= 15 is 0 Å². The number of amides is 1. The number of hydrogen-bond donors (Lipinski definition) is 0. The first-order chi connectivity index (χ1) is 17.3. The van der Waals surface area contributed by atoms with Gasteiger partial charge in [0.25, 0.3) is 15.9 Å². The molecule has 36 heavy (non-hydrogen) atoms. The summed E-state index contributed by atoms with van der Waals surface area (Å²) in [5, 5.41) is 0.0344. The van der Waals surface area contributed by atoms with E-state index in [1.54, 1.807) is 38.3 Å². The Morgan fingerprint density at radius 3 is 2.42 bits per heavy atom. The maximum Gasteiger partial charge on any atom is 0.284 e. The van der Waals surface area contributed by atoms with Gasteiger partial charge in [-0.15, -0.1) is 4.40 Å². The first-order valence-corrected chi connectivity index (χ1v) is 13.2. The molecule has 0 aliphatic carbocycles. The summed E-state index contributed by atoms with van der Waals surface area (Å²) in [4.78, 5) is 14.4. The van der Waals surface area contributed by atoms with E-state index in [1.807, 2.05) is 30.3 Å². The van der Waals surface area contributed by atoms with Crippen molar-refractivity contribution >= 4 is 38.9 Å². The van der Waals surface area contributed by atoms with Crippen molar-refractivity contribution in [2.24, 2.45) is 4.40 Å². The van der Waals surface area contributed by atoms with E-state index in [9.17, 15) is 17.6 Å². The summed E-state index contributed by atoms with van der Waals surface area (Å²) in [6.45, 7) is 2.30. The molecular formula is C26H23FN2O5S2. The van der Waals surface area contributed by atoms with Crippen LogP contribution in [0.5, 0.6) is 11.5 Å². The van der Waals surface area contributed by atoms with Crippen molar-refractivity contribution in [2.75, 3.05) is 13.7 Å². The molecule has 0 radical (unpaired) electrons. The van der Waals surface area contributed by atoms with Gasteiger partial charge in [-0.25, -0.2) is 4.39 Å². The quantitative estimate of drug-likeness (QED) is 0.380. The zero-order chi connectivity index (χ0) is 25.7. The predicted octanol–water partition coefficient (Wildman–Crippen LogP) is 5.09. The topological polar surface area (TPSA) is 85.3 Å². The van der Waals surface area contributed by atoms with Crippen molar-refractivity contribution in [1.82, 2.24) is 4.90 Å². The van der Waals surface area contributed by atoms with E-state index in [0.717, 1.165) is 41.6 Å². The Hall–Kier alpha value is -3.63. The minimum absolute atomic E-state index is 0.0344. The van der Waals surface area contributed by atoms with Gasteiger partial charge in [0.1, 0.15) is 12.4 Å². The summed E-state index contributed by atoms with van der Waals surface area (Å²) in [6, 6.07) is 19.3. The van der Waals surface area contributed by atoms with Crippen LogP contribution in [0.25, 0.3) is 6.08 Å². The summed E-state index contributed by atoms with van der Waals surface area (Å²) >= 11 is 0.959. The Bertz CT molecular complexity index is 1420. The van der Waals surface area contributed by atoms with Crippen LogP contribution in [0.1, 0.15) is 18.1 Å². The molecule has 186 valence electrons. The maximum atomic E-state index is 13.2. The summed E-state index contributed by atoms with van der Waals surface area (Å²) in [6.07, 6.45) is 1.65. The fourth-order valence-corrected chi connectivity index (χ4v) is 5.64. The number of rotatable bonds is 8. The molecule has 3 aromatic rings. The number of carbonyl (C=O) groups excluding carboxylic acids is 1. The number of nitrogens with zero attached hydrogens (tertiary/aromatic N) is 2. The highest BCUT2D eigenvalue weighted by atomic mass is 32.2. The largest absolute Gasteiger partial charge is 0.493 e. The van der Waals surface area contributed by atoms with Crippen LogP contribution in [0.2, 0.25) is 0 Å². The molecule has 0 atom stereocenters. The molecule has 3 aromatic carbocycles. The van der Waals surface area contributed by atoms with Gasteiger partial charge in [0.05, 0.1) is 16.9 Å². The van der Waals surface area contributed by atoms with Crippen molar-refractivity contribution in [3.05, 3.63) is 94.6 Å². The molecule has 1 aliphatic rings. The van der Waals surface area contributed by atoms with Crippen LogP contribution in [0.3, 0.4) is 0 Å². The van der Waals surface area contributed by atoms with Crippen LogP contribution >= 0.6 is 11.8 Å². The molecular weight excluding hydrogens is 503 g/mol. The van der Waals surface area contributed by atoms with Crippen molar-refractivity contribution < 1.29 is 27.1 Å². The lowest BCUT2D eigenvalue weighted by atomic mass is 10.1. The minimum Gasteiger partial charge on any atom is -0.493 e. The normalized spacial score (nSPS) is 16.1. The summed E-state index contributed by atoms with van der Waals surface area (Å²) in [5.74, 6) is 0.129. The third kappa shape index (κ3) is 5.77. The van der Waals surface area contributed by atoms with Crippen molar-refractivity contribution in [3.63, 3.8) is 0 Å². The molecule has 0 saturated carbocycles. The number of thioether (sulfide) groups is 1. The van der Waals surface area contributed by atoms with E-state index in [-0.39, 0.29) is 22.5 Å². The van der Waals surface area contributed by atoms with E-state index in [2.05, 4.69) is 4.40 Å². The number of hydrogen-bond acceptors (Lipinski definition) is 6. The predicted molar refractivity (Wildman–Crippen MR) is 138 cm³/mol. The second kappa shape index (κ2) is 11.0. The summed E-state index contributed by atoms with van der Waals surface area (Å²) in [5.41, 5.74) is 1.67. The van der Waals surface area contributed by atoms with Gasteiger partial charge in [-0.2, -0.15) is 8.42 Å². The molecule has 0 N–H and O–H groups in total. The van der Waals surface area contributed by atoms with Gasteiger partial charge in [0.2, 0.25) is 0 Å². The fourth-order valence-electron chi connectivity index (χ4n) is 3.40. The number of carbonyl (C=O) groups is 1. The number of halogens is 1. The van der Waals surface area contributed by atoms with Crippen LogP contribution in [-0.2, 0) is 21.4 Å². The molecule has 0 aromatic heterocycles. The van der Waals surface area contributed by atoms with Crippen molar-refractivity contribution in [3.8, 4) is 11.5 Å². The molecule has 1 heterocycles. The zero-order valence-corrected chi connectivity index (χ0v) is 21.2. The molecule has 7 nitrogen and oxygen atoms in total. The molecule has 1 amide bonds. The third-order valence-corrected chi connectivity index (χ3v) is 7.64. The molecule has 1 aliphatic heterocycles. The molecule has 0 bridgehead atoms. The van der Waals surface area contributed by atoms with Gasteiger partial charge in [-0.3, -0.25) is 9.69 Å². The van der Waals surface area contributed by atoms with Gasteiger partial charge in [-0.1, -0.05) is 36.4 Å². The number of sulfonamides is 1. The SMILES string of the molecule is CCN1C(=O)/C(=C/c2ccc(OC)c(OCc3ccccc3)c2)S/C1=N/S(=O)(=O)c1ccc(F)cc1. The Kier molecular flexibility index (Phi) is 7.76. The molecule has 4 rings (SSSR count). The highest BCUT2D eigenvalue weighted by molar-refractivity contribution is 8.19. The van der Waals surface area contributed by atoms with Gasteiger partial charge in [-0.05, 0) is 72.3 Å². The van der Waals surface area contributed by atoms with Gasteiger partial charge in [0.15, 0.2) is 16.7 Å². The molecule has 1 saturated heterocycles. The van der Waals surface area contributed by atoms with Crippen molar-refractivity contribution in [1.29, 1.82) is 0 Å². The van der Waals surface area contributed by atoms with E-state index in [4.69, 9.17) is 9.47 Å². The highest BCUT2D eigenvalue weighted by Gasteiger charge is 2.34. The van der Waals surface area contributed by atoms with Gasteiger partial charge in [0, 0.05) is 6.54 Å². The highest BCUT2D eigenvalue weighted by Crippen LogP contribution is 2.35. The lowest BCUT2D eigenvalue weighted by molar-refractivity contribution is -0.122. The minimum atomic E-state index is -4.13. The Balaban J connectivity index is 1.61. The zero-order valence-electron chi connectivity index (χ0n) is 19.5. The van der Waals surface area contributed by atoms with Crippen LogP contribution in [-0.4, -0.2) is 38.0 Å². The van der Waals surface area contributed by atoms with Gasteiger partial charge < -0.3 is 9.47 Å². The second-order valence-electron chi connectivity index (χ2n) is 7.65. The molecule has 0 spiro atoms. The summed E-state index contributed by atoms with van der Waals surface area (Å²) < 4.78 is 53.9. The van der Waals surface area contributed by atoms with Crippen LogP contribution in [0.15, 0.2) is 87.0 Å². The first kappa shape index (κ1) is 25.5. The Morgan fingerprint density at radius 2 is 1.75 bits per heavy atom. The third-order valence-electron chi connectivity index (χ3n) is 5.24. The Labute approximate surface area is 213 Å². The maximum absolute atomic E-state index is 13.2. The van der Waals surface area contributed by atoms with E-state index in [0.29, 0.717) is 28.6 Å². The molecule has 0 unspecified atom stereocenters. The standard InChI is InChI=1S/C26H23FN2O5S2/c1-3-29-25(30)24(35-26(29)28-36(31,32)21-12-10-20(27)11-13-21)16-19-9-14-22(33-2)23(15-19)34-17-18-7-5-4-6-8-18/h4-16H,3,17H2,1-2H3/b24-16-,28-26+. The van der Waals surface area contributed by atoms with Gasteiger partial charge >= 0.3 is 0 Å². The smallest absolute Gasteiger partial charge is 0.284 e. The fraction of sp³-hybridized carbons (Fsp3) is 0.154. The molecule has 1 fully saturated rings. The number of likely N-dealkylation sites (N-methyl/N-ethyl adjacent to an activating group) is 1. The second-order valence-corrected chi connectivity index (χ2v) is 10.3. The average molecular weight is 527 g/mol. The number of ether oxygens (including phenoxy) is 2. The van der Waals surface area contributed by atoms with Crippen LogP contribution in [0.4, 0.5) is 4.39 Å². The van der Waals surface area contributed by atoms with Crippen LogP contribution in [0, 0.1) is 5.82 Å². The number of amidine groups is 1. The molecule has 10 heteroatoms. The van der Waals surface area contributed by atoms with Crippen LogP contribution < -0.4 is 9.47 Å². The lowest BCUT2D eigenvalue weighted by Gasteiger charge is -2.12. The lowest BCUT2D eigenvalue weighted by Crippen LogP contribution is -2.29. The average Bonchev–Trinajstić information content (AvgIpc) is 3.16. The number of benzene rings is 3.